The lowest BCUT2D eigenvalue weighted by atomic mass is 10.1. The molecule has 1 fully saturated rings. The van der Waals surface area contributed by atoms with E-state index < -0.39 is 0 Å². The lowest BCUT2D eigenvalue weighted by Gasteiger charge is -2.06. The van der Waals surface area contributed by atoms with Crippen LogP contribution in [0.15, 0.2) is 18.2 Å². The first kappa shape index (κ1) is 10.3. The molecule has 4 heteroatoms. The predicted octanol–water partition coefficient (Wildman–Crippen LogP) is 4.56. The average Bonchev–Trinajstić information content (AvgIpc) is 2.97. The molecule has 0 spiro atoms. The van der Waals surface area contributed by atoms with Crippen LogP contribution in [0.2, 0.25) is 10.0 Å². The van der Waals surface area contributed by atoms with Gasteiger partial charge in [-0.2, -0.15) is 0 Å². The van der Waals surface area contributed by atoms with Gasteiger partial charge in [0.25, 0.3) is 0 Å². The molecule has 0 N–H and O–H groups in total. The Bertz CT molecular complexity index is 579. The van der Waals surface area contributed by atoms with Crippen LogP contribution >= 0.6 is 23.2 Å². The van der Waals surface area contributed by atoms with E-state index in [1.807, 2.05) is 6.07 Å². The zero-order valence-electron chi connectivity index (χ0n) is 8.30. The predicted molar refractivity (Wildman–Crippen MR) is 63.7 cm³/mol. The lowest BCUT2D eigenvalue weighted by molar-refractivity contribution is 0.629. The highest BCUT2D eigenvalue weighted by Crippen LogP contribution is 2.41. The zero-order chi connectivity index (χ0) is 11.3. The summed E-state index contributed by atoms with van der Waals surface area (Å²) < 4.78 is 13.2. The van der Waals surface area contributed by atoms with Gasteiger partial charge in [0.15, 0.2) is 0 Å². The molecule has 1 aliphatic carbocycles. The number of hydrogen-bond donors (Lipinski definition) is 0. The Hall–Kier alpha value is -0.860. The van der Waals surface area contributed by atoms with Gasteiger partial charge in [-0.1, -0.05) is 23.2 Å². The summed E-state index contributed by atoms with van der Waals surface area (Å²) in [5.74, 6) is 0.109. The summed E-state index contributed by atoms with van der Waals surface area (Å²) >= 11 is 12.1. The van der Waals surface area contributed by atoms with Crippen molar-refractivity contribution < 1.29 is 4.39 Å². The molecule has 16 heavy (non-hydrogen) atoms. The molecule has 0 radical (unpaired) electrons. The minimum Gasteiger partial charge on any atom is -0.252 e. The quantitative estimate of drug-likeness (QED) is 0.728. The van der Waals surface area contributed by atoms with Crippen molar-refractivity contribution in [1.29, 1.82) is 0 Å². The van der Waals surface area contributed by atoms with E-state index in [0.29, 0.717) is 26.9 Å². The van der Waals surface area contributed by atoms with E-state index in [2.05, 4.69) is 4.98 Å². The summed E-state index contributed by atoms with van der Waals surface area (Å²) in [4.78, 5) is 4.41. The molecule has 1 heterocycles. The van der Waals surface area contributed by atoms with Gasteiger partial charge in [0.2, 0.25) is 0 Å². The molecule has 1 aromatic carbocycles. The molecule has 0 unspecified atom stereocenters. The van der Waals surface area contributed by atoms with Crippen molar-refractivity contribution in [2.45, 2.75) is 18.8 Å². The number of rotatable bonds is 1. The summed E-state index contributed by atoms with van der Waals surface area (Å²) in [7, 11) is 0. The van der Waals surface area contributed by atoms with E-state index in [1.54, 1.807) is 0 Å². The Labute approximate surface area is 102 Å². The minimum atomic E-state index is -0.381. The van der Waals surface area contributed by atoms with Crippen molar-refractivity contribution in [2.75, 3.05) is 0 Å². The summed E-state index contributed by atoms with van der Waals surface area (Å²) in [6, 6.07) is 4.47. The summed E-state index contributed by atoms with van der Waals surface area (Å²) in [6.45, 7) is 0. The molecule has 0 atom stereocenters. The van der Waals surface area contributed by atoms with Gasteiger partial charge in [-0.15, -0.1) is 0 Å². The third-order valence-electron chi connectivity index (χ3n) is 2.79. The monoisotopic (exact) mass is 255 g/mol. The summed E-state index contributed by atoms with van der Waals surface area (Å²) in [5, 5.41) is 1.50. The number of hydrogen-bond acceptors (Lipinski definition) is 1. The molecule has 1 aliphatic rings. The largest absolute Gasteiger partial charge is 0.252 e. The smallest absolute Gasteiger partial charge is 0.126 e. The van der Waals surface area contributed by atoms with Crippen molar-refractivity contribution in [3.8, 4) is 0 Å². The number of halogens is 3. The van der Waals surface area contributed by atoms with Crippen LogP contribution in [0.4, 0.5) is 4.39 Å². The zero-order valence-corrected chi connectivity index (χ0v) is 9.82. The van der Waals surface area contributed by atoms with Gasteiger partial charge in [-0.05, 0) is 25.0 Å². The number of nitrogens with zero attached hydrogens (tertiary/aromatic N) is 1. The first-order valence-corrected chi connectivity index (χ1v) is 5.86. The van der Waals surface area contributed by atoms with Crippen molar-refractivity contribution in [1.82, 2.24) is 4.98 Å². The van der Waals surface area contributed by atoms with Crippen molar-refractivity contribution in [2.24, 2.45) is 0 Å². The summed E-state index contributed by atoms with van der Waals surface area (Å²) in [6.07, 6.45) is 2.27. The molecule has 0 aliphatic heterocycles. The number of benzene rings is 1. The second kappa shape index (κ2) is 3.57. The highest BCUT2D eigenvalue weighted by Gasteiger charge is 2.26. The fourth-order valence-corrected chi connectivity index (χ4v) is 2.51. The normalized spacial score (nSPS) is 15.7. The third kappa shape index (κ3) is 1.66. The third-order valence-corrected chi connectivity index (χ3v) is 3.39. The van der Waals surface area contributed by atoms with Crippen LogP contribution in [0.25, 0.3) is 10.9 Å². The van der Waals surface area contributed by atoms with Gasteiger partial charge >= 0.3 is 0 Å². The molecule has 1 nitrogen and oxygen atoms in total. The Balaban J connectivity index is 2.32. The van der Waals surface area contributed by atoms with Gasteiger partial charge in [0, 0.05) is 23.1 Å². The van der Waals surface area contributed by atoms with Gasteiger partial charge in [0.1, 0.15) is 5.82 Å². The second-order valence-electron chi connectivity index (χ2n) is 4.08. The van der Waals surface area contributed by atoms with Gasteiger partial charge < -0.3 is 0 Å². The molecule has 0 bridgehead atoms. The topological polar surface area (TPSA) is 12.9 Å². The van der Waals surface area contributed by atoms with Crippen molar-refractivity contribution in [3.63, 3.8) is 0 Å². The van der Waals surface area contributed by atoms with Crippen LogP contribution in [-0.2, 0) is 0 Å². The van der Waals surface area contributed by atoms with Crippen LogP contribution in [-0.4, -0.2) is 4.98 Å². The first-order valence-electron chi connectivity index (χ1n) is 5.10. The molecule has 2 aromatic rings. The Morgan fingerprint density at radius 1 is 1.12 bits per heavy atom. The molecule has 0 saturated heterocycles. The van der Waals surface area contributed by atoms with Crippen molar-refractivity contribution in [3.05, 3.63) is 39.8 Å². The maximum atomic E-state index is 13.2. The van der Waals surface area contributed by atoms with Gasteiger partial charge in [-0.3, -0.25) is 4.98 Å². The van der Waals surface area contributed by atoms with Crippen LogP contribution < -0.4 is 0 Å². The average molecular weight is 256 g/mol. The Morgan fingerprint density at radius 3 is 2.50 bits per heavy atom. The maximum absolute atomic E-state index is 13.2. The Kier molecular flexibility index (Phi) is 2.30. The minimum absolute atomic E-state index is 0.315. The highest BCUT2D eigenvalue weighted by atomic mass is 35.5. The van der Waals surface area contributed by atoms with Gasteiger partial charge in [-0.25, -0.2) is 4.39 Å². The molecule has 82 valence electrons. The maximum Gasteiger partial charge on any atom is 0.126 e. The van der Waals surface area contributed by atoms with Gasteiger partial charge in [0.05, 0.1) is 15.6 Å². The van der Waals surface area contributed by atoms with E-state index in [0.717, 1.165) is 18.5 Å². The number of fused-ring (bicyclic) bond motifs is 1. The molecule has 3 rings (SSSR count). The lowest BCUT2D eigenvalue weighted by Crippen LogP contribution is -1.90. The molecule has 1 saturated carbocycles. The van der Waals surface area contributed by atoms with Crippen LogP contribution in [0.1, 0.15) is 24.5 Å². The van der Waals surface area contributed by atoms with Crippen LogP contribution in [0.5, 0.6) is 0 Å². The molecule has 0 amide bonds. The second-order valence-corrected chi connectivity index (χ2v) is 4.90. The standard InChI is InChI=1S/C12H8Cl2FN/c13-8-3-7(15)4-11-12(8)9(14)5-10(16-11)6-1-2-6/h3-6H,1-2H2. The van der Waals surface area contributed by atoms with E-state index in [9.17, 15) is 4.39 Å². The van der Waals surface area contributed by atoms with E-state index in [4.69, 9.17) is 23.2 Å². The molecular formula is C12H8Cl2FN. The fraction of sp³-hybridized carbons (Fsp3) is 0.250. The number of aromatic nitrogens is 1. The molecular weight excluding hydrogens is 248 g/mol. The fourth-order valence-electron chi connectivity index (χ4n) is 1.85. The van der Waals surface area contributed by atoms with Crippen LogP contribution in [0.3, 0.4) is 0 Å². The van der Waals surface area contributed by atoms with Crippen molar-refractivity contribution >= 4 is 34.1 Å². The van der Waals surface area contributed by atoms with E-state index >= 15 is 0 Å². The number of pyridine rings is 1. The van der Waals surface area contributed by atoms with E-state index in [-0.39, 0.29) is 5.82 Å². The molecule has 1 aromatic heterocycles. The first-order chi connectivity index (χ1) is 7.65. The SMILES string of the molecule is Fc1cc(Cl)c2c(Cl)cc(C3CC3)nc2c1. The summed E-state index contributed by atoms with van der Waals surface area (Å²) in [5.41, 5.74) is 1.48. The van der Waals surface area contributed by atoms with Crippen LogP contribution in [0, 0.1) is 5.82 Å². The van der Waals surface area contributed by atoms with E-state index in [1.165, 1.54) is 12.1 Å². The Morgan fingerprint density at radius 2 is 1.81 bits per heavy atom. The highest BCUT2D eigenvalue weighted by molar-refractivity contribution is 6.42.